The summed E-state index contributed by atoms with van der Waals surface area (Å²) in [7, 11) is 3.92. The number of likely N-dealkylation sites (N-methyl/N-ethyl adjacent to an activating group) is 1. The first-order chi connectivity index (χ1) is 18.6. The Morgan fingerprint density at radius 3 is 2.62 bits per heavy atom. The Morgan fingerprint density at radius 2 is 2.00 bits per heavy atom. The normalized spacial score (nSPS) is 21.2. The first kappa shape index (κ1) is 27.5. The van der Waals surface area contributed by atoms with Crippen LogP contribution in [-0.4, -0.2) is 78.0 Å². The molecule has 3 aliphatic rings. The number of hydrogen-bond donors (Lipinski definition) is 2. The van der Waals surface area contributed by atoms with Crippen molar-refractivity contribution in [2.45, 2.75) is 63.7 Å². The molecule has 2 bridgehead atoms. The van der Waals surface area contributed by atoms with Crippen LogP contribution in [-0.2, 0) is 17.4 Å². The Labute approximate surface area is 228 Å². The molecule has 8 nitrogen and oxygen atoms in total. The van der Waals surface area contributed by atoms with Gasteiger partial charge in [0.2, 0.25) is 11.9 Å². The maximum Gasteiger partial charge on any atom is 0.421 e. The molecule has 1 aromatic heterocycles. The maximum absolute atomic E-state index is 13.7. The Hall–Kier alpha value is -3.08. The number of benzene rings is 1. The van der Waals surface area contributed by atoms with Gasteiger partial charge in [0.05, 0.1) is 0 Å². The lowest BCUT2D eigenvalue weighted by Gasteiger charge is -2.34. The molecule has 1 aromatic carbocycles. The molecule has 11 heteroatoms. The molecule has 2 saturated heterocycles. The molecule has 1 saturated carbocycles. The number of nitrogens with one attached hydrogen (secondary N) is 2. The number of halogens is 3. The molecule has 0 radical (unpaired) electrons. The van der Waals surface area contributed by atoms with E-state index in [4.69, 9.17) is 0 Å². The number of fused-ring (bicyclic) bond motifs is 2. The zero-order valence-electron chi connectivity index (χ0n) is 22.9. The highest BCUT2D eigenvalue weighted by Crippen LogP contribution is 2.37. The highest BCUT2D eigenvalue weighted by Gasteiger charge is 2.41. The second-order valence-corrected chi connectivity index (χ2v) is 11.1. The fourth-order valence-electron chi connectivity index (χ4n) is 5.86. The number of likely N-dealkylation sites (tertiary alicyclic amines) is 1. The van der Waals surface area contributed by atoms with Gasteiger partial charge in [-0.1, -0.05) is 13.3 Å². The molecule has 2 aromatic rings. The van der Waals surface area contributed by atoms with Crippen molar-refractivity contribution >= 4 is 29.0 Å². The number of rotatable bonds is 10. The number of aromatic nitrogens is 2. The maximum atomic E-state index is 13.7. The number of alkyl halides is 3. The molecule has 5 rings (SSSR count). The Morgan fingerprint density at radius 1 is 1.21 bits per heavy atom. The number of amides is 1. The van der Waals surface area contributed by atoms with Crippen LogP contribution in [0.15, 0.2) is 24.4 Å². The van der Waals surface area contributed by atoms with E-state index in [-0.39, 0.29) is 30.1 Å². The number of nitrogens with zero attached hydrogens (tertiary/aromatic N) is 5. The van der Waals surface area contributed by atoms with Gasteiger partial charge in [-0.3, -0.25) is 9.69 Å². The lowest BCUT2D eigenvalue weighted by atomic mass is 9.84. The zero-order chi connectivity index (χ0) is 27.7. The van der Waals surface area contributed by atoms with E-state index in [2.05, 4.69) is 56.5 Å². The number of anilines is 4. The quantitative estimate of drug-likeness (QED) is 0.417. The molecule has 212 valence electrons. The summed E-state index contributed by atoms with van der Waals surface area (Å²) in [5.74, 6) is 0.0598. The molecule has 1 amide bonds. The number of aryl methyl sites for hydroxylation is 1. The molecule has 2 unspecified atom stereocenters. The molecule has 2 aliphatic heterocycles. The Balaban J connectivity index is 1.25. The van der Waals surface area contributed by atoms with Crippen molar-refractivity contribution in [1.29, 1.82) is 0 Å². The molecule has 1 aliphatic carbocycles. The standard InChI is InChI=1S/C28H38F3N7O/c1-4-18-13-20(38-17-21-14-22(38)16-37(21)3)9-10-24(18)34-27-33-15-23(28(29,30)31)25(35-27)32-11-6-12-36(2)26(39)19-7-5-8-19/h9-10,13,15,19,21-22H,4-8,11-12,14,16-17H2,1-3H3,(H2,32,33,34,35). The second-order valence-electron chi connectivity index (χ2n) is 11.1. The summed E-state index contributed by atoms with van der Waals surface area (Å²) in [6.45, 7) is 4.86. The minimum atomic E-state index is -4.59. The average molecular weight is 546 g/mol. The van der Waals surface area contributed by atoms with Crippen molar-refractivity contribution in [3.8, 4) is 0 Å². The molecule has 0 spiro atoms. The van der Waals surface area contributed by atoms with Gasteiger partial charge in [0.15, 0.2) is 0 Å². The summed E-state index contributed by atoms with van der Waals surface area (Å²) in [5, 5.41) is 5.97. The van der Waals surface area contributed by atoms with E-state index >= 15 is 0 Å². The molecule has 3 heterocycles. The van der Waals surface area contributed by atoms with E-state index in [0.717, 1.165) is 56.2 Å². The van der Waals surface area contributed by atoms with Crippen molar-refractivity contribution in [3.05, 3.63) is 35.5 Å². The lowest BCUT2D eigenvalue weighted by Crippen LogP contribution is -2.44. The van der Waals surface area contributed by atoms with Crippen molar-refractivity contribution in [3.63, 3.8) is 0 Å². The third kappa shape index (κ3) is 5.92. The summed E-state index contributed by atoms with van der Waals surface area (Å²) in [6.07, 6.45) is 1.61. The number of piperazine rings is 1. The highest BCUT2D eigenvalue weighted by atomic mass is 19.4. The van der Waals surface area contributed by atoms with Crippen LogP contribution < -0.4 is 15.5 Å². The van der Waals surface area contributed by atoms with Gasteiger partial charge >= 0.3 is 6.18 Å². The van der Waals surface area contributed by atoms with Crippen LogP contribution in [0.2, 0.25) is 0 Å². The van der Waals surface area contributed by atoms with Crippen LogP contribution in [0.4, 0.5) is 36.3 Å². The molecule has 3 fully saturated rings. The smallest absolute Gasteiger partial charge is 0.369 e. The average Bonchev–Trinajstić information content (AvgIpc) is 3.45. The summed E-state index contributed by atoms with van der Waals surface area (Å²) in [4.78, 5) is 27.0. The van der Waals surface area contributed by atoms with Crippen LogP contribution in [0.25, 0.3) is 0 Å². The van der Waals surface area contributed by atoms with Gasteiger partial charge in [-0.05, 0) is 62.9 Å². The van der Waals surface area contributed by atoms with Crippen LogP contribution in [0.5, 0.6) is 0 Å². The van der Waals surface area contributed by atoms with E-state index in [1.165, 1.54) is 12.1 Å². The topological polar surface area (TPSA) is 76.6 Å². The largest absolute Gasteiger partial charge is 0.421 e. The fraction of sp³-hybridized carbons (Fsp3) is 0.607. The van der Waals surface area contributed by atoms with Gasteiger partial charge in [0.1, 0.15) is 11.4 Å². The monoisotopic (exact) mass is 545 g/mol. The molecule has 39 heavy (non-hydrogen) atoms. The minimum absolute atomic E-state index is 0.101. The summed E-state index contributed by atoms with van der Waals surface area (Å²) in [5.41, 5.74) is 2.10. The van der Waals surface area contributed by atoms with Gasteiger partial charge in [-0.15, -0.1) is 0 Å². The molecular formula is C28H38F3N7O. The van der Waals surface area contributed by atoms with Gasteiger partial charge in [-0.2, -0.15) is 18.2 Å². The molecule has 2 atom stereocenters. The predicted octanol–water partition coefficient (Wildman–Crippen LogP) is 4.75. The van der Waals surface area contributed by atoms with Crippen molar-refractivity contribution < 1.29 is 18.0 Å². The summed E-state index contributed by atoms with van der Waals surface area (Å²) < 4.78 is 41.0. The van der Waals surface area contributed by atoms with Crippen LogP contribution in [0.1, 0.15) is 50.2 Å². The van der Waals surface area contributed by atoms with Gasteiger partial charge in [0, 0.05) is 68.8 Å². The Bertz CT molecular complexity index is 1180. The lowest BCUT2D eigenvalue weighted by molar-refractivity contribution is -0.137. The van der Waals surface area contributed by atoms with E-state index in [9.17, 15) is 18.0 Å². The van der Waals surface area contributed by atoms with Crippen molar-refractivity contribution in [2.24, 2.45) is 5.92 Å². The van der Waals surface area contributed by atoms with Gasteiger partial charge < -0.3 is 20.4 Å². The number of carbonyl (C=O) groups excluding carboxylic acids is 1. The van der Waals surface area contributed by atoms with Gasteiger partial charge in [0.25, 0.3) is 0 Å². The van der Waals surface area contributed by atoms with Crippen molar-refractivity contribution in [2.75, 3.05) is 55.8 Å². The summed E-state index contributed by atoms with van der Waals surface area (Å²) in [6, 6.07) is 7.30. The van der Waals surface area contributed by atoms with Gasteiger partial charge in [-0.25, -0.2) is 4.98 Å². The highest BCUT2D eigenvalue weighted by molar-refractivity contribution is 5.79. The first-order valence-corrected chi connectivity index (χ1v) is 13.9. The first-order valence-electron chi connectivity index (χ1n) is 13.9. The third-order valence-electron chi connectivity index (χ3n) is 8.45. The van der Waals surface area contributed by atoms with Crippen molar-refractivity contribution in [1.82, 2.24) is 19.8 Å². The number of hydrogen-bond acceptors (Lipinski definition) is 7. The van der Waals surface area contributed by atoms with Crippen LogP contribution >= 0.6 is 0 Å². The van der Waals surface area contributed by atoms with Crippen LogP contribution in [0, 0.1) is 5.92 Å². The van der Waals surface area contributed by atoms with Crippen LogP contribution in [0.3, 0.4) is 0 Å². The zero-order valence-corrected chi connectivity index (χ0v) is 22.9. The van der Waals surface area contributed by atoms with E-state index in [1.807, 2.05) is 6.07 Å². The second kappa shape index (κ2) is 11.2. The SMILES string of the molecule is CCc1cc(N2CC3CC2CN3C)ccc1Nc1ncc(C(F)(F)F)c(NCCCN(C)C(=O)C2CCC2)n1. The third-order valence-corrected chi connectivity index (χ3v) is 8.45. The van der Waals surface area contributed by atoms with E-state index in [1.54, 1.807) is 11.9 Å². The van der Waals surface area contributed by atoms with E-state index < -0.39 is 11.7 Å². The number of carbonyl (C=O) groups is 1. The summed E-state index contributed by atoms with van der Waals surface area (Å²) >= 11 is 0. The Kier molecular flexibility index (Phi) is 7.89. The predicted molar refractivity (Wildman–Crippen MR) is 146 cm³/mol. The van der Waals surface area contributed by atoms with E-state index in [0.29, 0.717) is 25.0 Å². The fourth-order valence-corrected chi connectivity index (χ4v) is 5.86. The minimum Gasteiger partial charge on any atom is -0.369 e. The molecule has 2 N–H and O–H groups in total. The molecular weight excluding hydrogens is 507 g/mol.